The Morgan fingerprint density at radius 3 is 2.92 bits per heavy atom. The van der Waals surface area contributed by atoms with E-state index >= 15 is 0 Å². The number of nitrogens with zero attached hydrogens (tertiary/aromatic N) is 4. The summed E-state index contributed by atoms with van der Waals surface area (Å²) < 4.78 is 7.79. The predicted octanol–water partition coefficient (Wildman–Crippen LogP) is 2.59. The molecule has 134 valence electrons. The monoisotopic (exact) mass is 349 g/mol. The minimum Gasteiger partial charge on any atom is -0.373 e. The Labute approximate surface area is 153 Å². The Bertz CT molecular complexity index is 805. The lowest BCUT2D eigenvalue weighted by Gasteiger charge is -2.19. The third-order valence-corrected chi connectivity index (χ3v) is 4.71. The molecular formula is C20H23N5O. The van der Waals surface area contributed by atoms with Crippen molar-refractivity contribution < 1.29 is 4.74 Å². The number of hydrogen-bond donors (Lipinski definition) is 1. The maximum absolute atomic E-state index is 5.95. The van der Waals surface area contributed by atoms with Gasteiger partial charge in [0.2, 0.25) is 0 Å². The van der Waals surface area contributed by atoms with E-state index in [0.717, 1.165) is 30.8 Å². The highest BCUT2D eigenvalue weighted by atomic mass is 16.5. The zero-order valence-electron chi connectivity index (χ0n) is 14.7. The van der Waals surface area contributed by atoms with Gasteiger partial charge >= 0.3 is 0 Å². The Morgan fingerprint density at radius 2 is 2.08 bits per heavy atom. The van der Waals surface area contributed by atoms with Crippen LogP contribution in [0.3, 0.4) is 0 Å². The molecule has 0 aliphatic carbocycles. The van der Waals surface area contributed by atoms with Crippen LogP contribution >= 0.6 is 0 Å². The molecule has 1 aromatic carbocycles. The standard InChI is InChI=1S/C20H23N5O/c1-2-6-17(7-3-1)20-18(8-10-26-20)12-22-13-19-15-25(24-23-19)14-16-5-4-9-21-11-16/h1-7,9,11,15,18,20,22H,8,10,12-14H2/t18-,20-/m1/s1. The molecule has 1 aliphatic rings. The van der Waals surface area contributed by atoms with E-state index in [9.17, 15) is 0 Å². The first kappa shape index (κ1) is 16.9. The van der Waals surface area contributed by atoms with E-state index in [1.165, 1.54) is 5.56 Å². The van der Waals surface area contributed by atoms with Crippen LogP contribution in [0.2, 0.25) is 0 Å². The molecule has 2 aromatic heterocycles. The van der Waals surface area contributed by atoms with Gasteiger partial charge in [-0.15, -0.1) is 5.10 Å². The van der Waals surface area contributed by atoms with Crippen LogP contribution < -0.4 is 5.32 Å². The summed E-state index contributed by atoms with van der Waals surface area (Å²) in [4.78, 5) is 4.13. The minimum absolute atomic E-state index is 0.185. The van der Waals surface area contributed by atoms with Crippen molar-refractivity contribution in [2.24, 2.45) is 5.92 Å². The number of hydrogen-bond acceptors (Lipinski definition) is 5. The molecule has 0 saturated carbocycles. The number of ether oxygens (including phenoxy) is 1. The fraction of sp³-hybridized carbons (Fsp3) is 0.350. The molecule has 0 unspecified atom stereocenters. The number of pyridine rings is 1. The van der Waals surface area contributed by atoms with Crippen LogP contribution in [0.4, 0.5) is 0 Å². The number of rotatable bonds is 7. The largest absolute Gasteiger partial charge is 0.373 e. The maximum Gasteiger partial charge on any atom is 0.0964 e. The van der Waals surface area contributed by atoms with Crippen molar-refractivity contribution in [3.8, 4) is 0 Å². The highest BCUT2D eigenvalue weighted by Gasteiger charge is 2.29. The van der Waals surface area contributed by atoms with Crippen LogP contribution in [0.15, 0.2) is 61.1 Å². The first-order chi connectivity index (χ1) is 12.9. The van der Waals surface area contributed by atoms with E-state index < -0.39 is 0 Å². The maximum atomic E-state index is 5.95. The summed E-state index contributed by atoms with van der Waals surface area (Å²) in [6.45, 7) is 3.14. The molecule has 26 heavy (non-hydrogen) atoms. The zero-order valence-corrected chi connectivity index (χ0v) is 14.7. The van der Waals surface area contributed by atoms with Crippen molar-refractivity contribution in [2.45, 2.75) is 25.6 Å². The fourth-order valence-corrected chi connectivity index (χ4v) is 3.42. The highest BCUT2D eigenvalue weighted by Crippen LogP contribution is 2.33. The average molecular weight is 349 g/mol. The van der Waals surface area contributed by atoms with Crippen LogP contribution in [0.25, 0.3) is 0 Å². The molecule has 3 heterocycles. The minimum atomic E-state index is 0.185. The lowest BCUT2D eigenvalue weighted by Crippen LogP contribution is -2.24. The second-order valence-corrected chi connectivity index (χ2v) is 6.65. The van der Waals surface area contributed by atoms with E-state index in [1.807, 2.05) is 35.3 Å². The molecule has 0 bridgehead atoms. The van der Waals surface area contributed by atoms with Crippen molar-refractivity contribution >= 4 is 0 Å². The van der Waals surface area contributed by atoms with Crippen molar-refractivity contribution in [1.29, 1.82) is 0 Å². The van der Waals surface area contributed by atoms with Gasteiger partial charge in [-0.25, -0.2) is 4.68 Å². The smallest absolute Gasteiger partial charge is 0.0964 e. The Hall–Kier alpha value is -2.57. The predicted molar refractivity (Wildman–Crippen MR) is 98.3 cm³/mol. The molecule has 1 N–H and O–H groups in total. The van der Waals surface area contributed by atoms with Gasteiger partial charge in [0.05, 0.1) is 24.5 Å². The van der Waals surface area contributed by atoms with Crippen LogP contribution in [0.1, 0.15) is 29.3 Å². The molecule has 6 nitrogen and oxygen atoms in total. The van der Waals surface area contributed by atoms with Gasteiger partial charge in [-0.05, 0) is 23.6 Å². The first-order valence-electron chi connectivity index (χ1n) is 9.03. The topological polar surface area (TPSA) is 64.9 Å². The summed E-state index contributed by atoms with van der Waals surface area (Å²) >= 11 is 0. The molecule has 1 fully saturated rings. The van der Waals surface area contributed by atoms with Crippen LogP contribution in [-0.4, -0.2) is 33.1 Å². The Morgan fingerprint density at radius 1 is 1.15 bits per heavy atom. The van der Waals surface area contributed by atoms with Crippen LogP contribution in [-0.2, 0) is 17.8 Å². The van der Waals surface area contributed by atoms with E-state index in [0.29, 0.717) is 19.0 Å². The Kier molecular flexibility index (Phi) is 5.33. The molecule has 6 heteroatoms. The number of benzene rings is 1. The molecule has 4 rings (SSSR count). The molecule has 1 saturated heterocycles. The van der Waals surface area contributed by atoms with E-state index in [4.69, 9.17) is 4.74 Å². The van der Waals surface area contributed by atoms with Crippen molar-refractivity contribution in [3.05, 3.63) is 77.9 Å². The summed E-state index contributed by atoms with van der Waals surface area (Å²) in [5.41, 5.74) is 3.33. The summed E-state index contributed by atoms with van der Waals surface area (Å²) in [5, 5.41) is 12.0. The van der Waals surface area contributed by atoms with Gasteiger partial charge in [-0.2, -0.15) is 0 Å². The number of nitrogens with one attached hydrogen (secondary N) is 1. The molecule has 3 aromatic rings. The molecule has 1 aliphatic heterocycles. The third-order valence-electron chi connectivity index (χ3n) is 4.71. The van der Waals surface area contributed by atoms with Gasteiger partial charge in [-0.1, -0.05) is 41.6 Å². The molecule has 0 amide bonds. The lowest BCUT2D eigenvalue weighted by molar-refractivity contribution is 0.0904. The van der Waals surface area contributed by atoms with E-state index in [1.54, 1.807) is 6.20 Å². The zero-order chi connectivity index (χ0) is 17.6. The van der Waals surface area contributed by atoms with Crippen LogP contribution in [0.5, 0.6) is 0 Å². The van der Waals surface area contributed by atoms with Gasteiger partial charge in [-0.3, -0.25) is 4.98 Å². The third kappa shape index (κ3) is 4.15. The quantitative estimate of drug-likeness (QED) is 0.710. The molecule has 2 atom stereocenters. The highest BCUT2D eigenvalue weighted by molar-refractivity contribution is 5.19. The molecule has 0 spiro atoms. The van der Waals surface area contributed by atoms with Gasteiger partial charge in [0, 0.05) is 38.0 Å². The second kappa shape index (κ2) is 8.21. The van der Waals surface area contributed by atoms with Crippen molar-refractivity contribution in [3.63, 3.8) is 0 Å². The van der Waals surface area contributed by atoms with Gasteiger partial charge < -0.3 is 10.1 Å². The first-order valence-corrected chi connectivity index (χ1v) is 9.03. The van der Waals surface area contributed by atoms with Gasteiger partial charge in [0.1, 0.15) is 0 Å². The SMILES string of the molecule is c1ccc([C@H]2OCC[C@@H]2CNCc2cn(Cc3cccnc3)nn2)cc1. The normalized spacial score (nSPS) is 19.7. The molecular weight excluding hydrogens is 326 g/mol. The van der Waals surface area contributed by atoms with Gasteiger partial charge in [0.25, 0.3) is 0 Å². The van der Waals surface area contributed by atoms with E-state index in [2.05, 4.69) is 44.9 Å². The second-order valence-electron chi connectivity index (χ2n) is 6.65. The Balaban J connectivity index is 1.28. The van der Waals surface area contributed by atoms with Gasteiger partial charge in [0.15, 0.2) is 0 Å². The molecule has 0 radical (unpaired) electrons. The van der Waals surface area contributed by atoms with Crippen molar-refractivity contribution in [2.75, 3.05) is 13.2 Å². The summed E-state index contributed by atoms with van der Waals surface area (Å²) in [7, 11) is 0. The lowest BCUT2D eigenvalue weighted by atomic mass is 9.95. The number of aromatic nitrogens is 4. The average Bonchev–Trinajstić information content (AvgIpc) is 3.33. The van der Waals surface area contributed by atoms with Crippen molar-refractivity contribution in [1.82, 2.24) is 25.3 Å². The van der Waals surface area contributed by atoms with Crippen LogP contribution in [0, 0.1) is 5.92 Å². The summed E-state index contributed by atoms with van der Waals surface area (Å²) in [5.74, 6) is 0.489. The van der Waals surface area contributed by atoms with E-state index in [-0.39, 0.29) is 6.10 Å². The summed E-state index contributed by atoms with van der Waals surface area (Å²) in [6, 6.07) is 14.4. The fourth-order valence-electron chi connectivity index (χ4n) is 3.42. The summed E-state index contributed by atoms with van der Waals surface area (Å²) in [6.07, 6.45) is 6.88.